The molecule has 0 fully saturated rings. The Morgan fingerprint density at radius 3 is 2.43 bits per heavy atom. The Bertz CT molecular complexity index is 597. The maximum absolute atomic E-state index is 12.8. The van der Waals surface area contributed by atoms with Gasteiger partial charge in [0.2, 0.25) is 0 Å². The van der Waals surface area contributed by atoms with Crippen LogP contribution in [0.4, 0.5) is 10.1 Å². The molecule has 0 aromatic heterocycles. The van der Waals surface area contributed by atoms with Crippen molar-refractivity contribution in [3.8, 4) is 5.75 Å². The smallest absolute Gasteiger partial charge is 0.258 e. The Morgan fingerprint density at radius 2 is 1.81 bits per heavy atom. The lowest BCUT2D eigenvalue weighted by atomic mass is 10.1. The molecule has 2 rings (SSSR count). The molecule has 1 amide bonds. The van der Waals surface area contributed by atoms with Crippen molar-refractivity contribution in [2.75, 3.05) is 12.3 Å². The standard InChI is InChI=1S/C16H17FN2O2/c1-11(12-2-4-13(17)5-3-12)19-16(20)10-21-15-8-6-14(18)7-9-15/h2-9,11H,10,18H2,1H3,(H,19,20). The van der Waals surface area contributed by atoms with Gasteiger partial charge in [-0.15, -0.1) is 0 Å². The zero-order valence-corrected chi connectivity index (χ0v) is 11.7. The summed E-state index contributed by atoms with van der Waals surface area (Å²) in [5.41, 5.74) is 7.03. The van der Waals surface area contributed by atoms with Gasteiger partial charge in [-0.25, -0.2) is 4.39 Å². The number of ether oxygens (including phenoxy) is 1. The summed E-state index contributed by atoms with van der Waals surface area (Å²) in [6, 6.07) is 12.6. The van der Waals surface area contributed by atoms with Gasteiger partial charge < -0.3 is 15.8 Å². The fourth-order valence-electron chi connectivity index (χ4n) is 1.83. The van der Waals surface area contributed by atoms with Crippen LogP contribution in [-0.2, 0) is 4.79 Å². The molecule has 0 aliphatic carbocycles. The molecule has 0 spiro atoms. The molecule has 0 radical (unpaired) electrons. The van der Waals surface area contributed by atoms with E-state index in [9.17, 15) is 9.18 Å². The van der Waals surface area contributed by atoms with E-state index in [2.05, 4.69) is 5.32 Å². The van der Waals surface area contributed by atoms with Crippen LogP contribution in [0.3, 0.4) is 0 Å². The van der Waals surface area contributed by atoms with Crippen LogP contribution < -0.4 is 15.8 Å². The molecule has 0 aliphatic rings. The Balaban J connectivity index is 1.83. The molecule has 0 bridgehead atoms. The Morgan fingerprint density at radius 1 is 1.19 bits per heavy atom. The second-order valence-electron chi connectivity index (χ2n) is 4.70. The quantitative estimate of drug-likeness (QED) is 0.831. The molecule has 0 aliphatic heterocycles. The average Bonchev–Trinajstić information content (AvgIpc) is 2.47. The maximum Gasteiger partial charge on any atom is 0.258 e. The third kappa shape index (κ3) is 4.49. The number of rotatable bonds is 5. The van der Waals surface area contributed by atoms with Crippen molar-refractivity contribution in [1.29, 1.82) is 0 Å². The van der Waals surface area contributed by atoms with Gasteiger partial charge >= 0.3 is 0 Å². The largest absolute Gasteiger partial charge is 0.484 e. The summed E-state index contributed by atoms with van der Waals surface area (Å²) < 4.78 is 18.2. The number of nitrogens with one attached hydrogen (secondary N) is 1. The highest BCUT2D eigenvalue weighted by Crippen LogP contribution is 2.14. The number of anilines is 1. The average molecular weight is 288 g/mol. The first-order chi connectivity index (χ1) is 10.0. The lowest BCUT2D eigenvalue weighted by Gasteiger charge is -2.14. The highest BCUT2D eigenvalue weighted by atomic mass is 19.1. The van der Waals surface area contributed by atoms with Crippen LogP contribution in [-0.4, -0.2) is 12.5 Å². The number of carbonyl (C=O) groups is 1. The van der Waals surface area contributed by atoms with Gasteiger partial charge in [0.25, 0.3) is 5.91 Å². The van der Waals surface area contributed by atoms with Gasteiger partial charge in [0.1, 0.15) is 11.6 Å². The molecule has 110 valence electrons. The summed E-state index contributed by atoms with van der Waals surface area (Å²) in [4.78, 5) is 11.8. The zero-order chi connectivity index (χ0) is 15.2. The molecule has 0 heterocycles. The van der Waals surface area contributed by atoms with E-state index in [1.54, 1.807) is 36.4 Å². The summed E-state index contributed by atoms with van der Waals surface area (Å²) in [7, 11) is 0. The van der Waals surface area contributed by atoms with Gasteiger partial charge in [-0.2, -0.15) is 0 Å². The molecular weight excluding hydrogens is 271 g/mol. The SMILES string of the molecule is CC(NC(=O)COc1ccc(N)cc1)c1ccc(F)cc1. The number of amides is 1. The molecule has 4 nitrogen and oxygen atoms in total. The lowest BCUT2D eigenvalue weighted by Crippen LogP contribution is -2.31. The van der Waals surface area contributed by atoms with E-state index in [1.807, 2.05) is 6.92 Å². The van der Waals surface area contributed by atoms with Crippen molar-refractivity contribution in [3.63, 3.8) is 0 Å². The van der Waals surface area contributed by atoms with E-state index in [4.69, 9.17) is 10.5 Å². The van der Waals surface area contributed by atoms with Crippen LogP contribution >= 0.6 is 0 Å². The van der Waals surface area contributed by atoms with Crippen molar-refractivity contribution in [2.45, 2.75) is 13.0 Å². The fourth-order valence-corrected chi connectivity index (χ4v) is 1.83. The Kier molecular flexibility index (Phi) is 4.77. The first-order valence-corrected chi connectivity index (χ1v) is 6.58. The van der Waals surface area contributed by atoms with Crippen LogP contribution in [0.2, 0.25) is 0 Å². The number of carbonyl (C=O) groups excluding carboxylic acids is 1. The van der Waals surface area contributed by atoms with Crippen LogP contribution in [0.15, 0.2) is 48.5 Å². The number of halogens is 1. The predicted octanol–water partition coefficient (Wildman–Crippen LogP) is 2.66. The molecule has 1 atom stereocenters. The molecule has 2 aromatic rings. The molecule has 1 unspecified atom stereocenters. The molecule has 2 aromatic carbocycles. The van der Waals surface area contributed by atoms with Crippen molar-refractivity contribution in [3.05, 3.63) is 59.9 Å². The second-order valence-corrected chi connectivity index (χ2v) is 4.70. The molecule has 0 saturated heterocycles. The number of hydrogen-bond donors (Lipinski definition) is 2. The van der Waals surface area contributed by atoms with Crippen LogP contribution in [0, 0.1) is 5.82 Å². The highest BCUT2D eigenvalue weighted by molar-refractivity contribution is 5.78. The van der Waals surface area contributed by atoms with Gasteiger partial charge in [-0.05, 0) is 48.9 Å². The summed E-state index contributed by atoms with van der Waals surface area (Å²) in [5.74, 6) is 0.0291. The highest BCUT2D eigenvalue weighted by Gasteiger charge is 2.10. The summed E-state index contributed by atoms with van der Waals surface area (Å²) >= 11 is 0. The molecule has 5 heteroatoms. The van der Waals surface area contributed by atoms with Crippen LogP contribution in [0.5, 0.6) is 5.75 Å². The number of hydrogen-bond acceptors (Lipinski definition) is 3. The lowest BCUT2D eigenvalue weighted by molar-refractivity contribution is -0.123. The van der Waals surface area contributed by atoms with E-state index >= 15 is 0 Å². The Hall–Kier alpha value is -2.56. The van der Waals surface area contributed by atoms with E-state index in [0.29, 0.717) is 11.4 Å². The monoisotopic (exact) mass is 288 g/mol. The summed E-state index contributed by atoms with van der Waals surface area (Å²) in [5, 5.41) is 2.79. The summed E-state index contributed by atoms with van der Waals surface area (Å²) in [6.45, 7) is 1.74. The number of nitrogen functional groups attached to an aromatic ring is 1. The van der Waals surface area contributed by atoms with Crippen molar-refractivity contribution < 1.29 is 13.9 Å². The van der Waals surface area contributed by atoms with Gasteiger partial charge in [0.05, 0.1) is 6.04 Å². The van der Waals surface area contributed by atoms with Gasteiger partial charge in [-0.3, -0.25) is 4.79 Å². The first-order valence-electron chi connectivity index (χ1n) is 6.58. The van der Waals surface area contributed by atoms with E-state index in [-0.39, 0.29) is 24.4 Å². The van der Waals surface area contributed by atoms with Crippen LogP contribution in [0.1, 0.15) is 18.5 Å². The molecule has 0 saturated carbocycles. The minimum atomic E-state index is -0.302. The van der Waals surface area contributed by atoms with Gasteiger partial charge in [0, 0.05) is 5.69 Å². The van der Waals surface area contributed by atoms with Gasteiger partial charge in [-0.1, -0.05) is 12.1 Å². The molecule has 3 N–H and O–H groups in total. The van der Waals surface area contributed by atoms with Gasteiger partial charge in [0.15, 0.2) is 6.61 Å². The second kappa shape index (κ2) is 6.74. The minimum absolute atomic E-state index is 0.0878. The normalized spacial score (nSPS) is 11.7. The third-order valence-corrected chi connectivity index (χ3v) is 3.00. The van der Waals surface area contributed by atoms with E-state index in [0.717, 1.165) is 5.56 Å². The zero-order valence-electron chi connectivity index (χ0n) is 11.7. The molecular formula is C16H17FN2O2. The minimum Gasteiger partial charge on any atom is -0.484 e. The third-order valence-electron chi connectivity index (χ3n) is 3.00. The van der Waals surface area contributed by atoms with Crippen LogP contribution in [0.25, 0.3) is 0 Å². The maximum atomic E-state index is 12.8. The number of nitrogens with two attached hydrogens (primary N) is 1. The Labute approximate surface area is 122 Å². The van der Waals surface area contributed by atoms with E-state index in [1.165, 1.54) is 12.1 Å². The molecule has 21 heavy (non-hydrogen) atoms. The van der Waals surface area contributed by atoms with Crippen molar-refractivity contribution >= 4 is 11.6 Å². The topological polar surface area (TPSA) is 64.3 Å². The summed E-state index contributed by atoms with van der Waals surface area (Å²) in [6.07, 6.45) is 0. The predicted molar refractivity (Wildman–Crippen MR) is 79.3 cm³/mol. The van der Waals surface area contributed by atoms with E-state index < -0.39 is 0 Å². The number of benzene rings is 2. The first kappa shape index (κ1) is 14.8. The van der Waals surface area contributed by atoms with Crippen molar-refractivity contribution in [2.24, 2.45) is 0 Å². The fraction of sp³-hybridized carbons (Fsp3) is 0.188. The van der Waals surface area contributed by atoms with Crippen molar-refractivity contribution in [1.82, 2.24) is 5.32 Å².